The smallest absolute Gasteiger partial charge is 0.416 e. The van der Waals surface area contributed by atoms with Gasteiger partial charge in [0.15, 0.2) is 0 Å². The van der Waals surface area contributed by atoms with Gasteiger partial charge in [-0.15, -0.1) is 0 Å². The van der Waals surface area contributed by atoms with Crippen molar-refractivity contribution >= 4 is 5.97 Å². The van der Waals surface area contributed by atoms with E-state index in [1.807, 2.05) is 0 Å². The lowest BCUT2D eigenvalue weighted by atomic mass is 9.85. The lowest BCUT2D eigenvalue weighted by molar-refractivity contribution is -0.138. The second-order valence-electron chi connectivity index (χ2n) is 5.15. The largest absolute Gasteiger partial charge is 0.481 e. The topological polar surface area (TPSA) is 57.5 Å². The number of hydrogen-bond donors (Lipinski definition) is 2. The zero-order valence-corrected chi connectivity index (χ0v) is 10.6. The fraction of sp³-hybridized carbons (Fsp3) is 0.500. The standard InChI is InChI=1S/C14H15F3O3/c15-14(16,17)10-4-1-8(2-5-10)13-9(7-12(19)20)3-6-11(13)18/h1-2,4-5,9,11,13,18H,3,6-7H2,(H,19,20). The van der Waals surface area contributed by atoms with Crippen molar-refractivity contribution in [1.82, 2.24) is 0 Å². The van der Waals surface area contributed by atoms with Crippen LogP contribution in [0.4, 0.5) is 13.2 Å². The van der Waals surface area contributed by atoms with Crippen molar-refractivity contribution in [2.24, 2.45) is 5.92 Å². The molecule has 1 saturated carbocycles. The second-order valence-corrected chi connectivity index (χ2v) is 5.15. The molecule has 110 valence electrons. The van der Waals surface area contributed by atoms with E-state index in [0.29, 0.717) is 18.4 Å². The summed E-state index contributed by atoms with van der Waals surface area (Å²) in [4.78, 5) is 10.8. The van der Waals surface area contributed by atoms with Crippen LogP contribution in [0.25, 0.3) is 0 Å². The Hall–Kier alpha value is -1.56. The Balaban J connectivity index is 2.22. The molecule has 2 rings (SSSR count). The summed E-state index contributed by atoms with van der Waals surface area (Å²) in [5, 5.41) is 18.8. The van der Waals surface area contributed by atoms with Crippen LogP contribution in [0.1, 0.15) is 36.3 Å². The summed E-state index contributed by atoms with van der Waals surface area (Å²) in [7, 11) is 0. The number of benzene rings is 1. The quantitative estimate of drug-likeness (QED) is 0.898. The number of carbonyl (C=O) groups is 1. The average molecular weight is 288 g/mol. The van der Waals surface area contributed by atoms with Crippen molar-refractivity contribution in [2.75, 3.05) is 0 Å². The molecule has 20 heavy (non-hydrogen) atoms. The first kappa shape index (κ1) is 14.8. The van der Waals surface area contributed by atoms with Gasteiger partial charge in [0.25, 0.3) is 0 Å². The van der Waals surface area contributed by atoms with Crippen molar-refractivity contribution in [3.8, 4) is 0 Å². The molecule has 6 heteroatoms. The van der Waals surface area contributed by atoms with Crippen LogP contribution < -0.4 is 0 Å². The van der Waals surface area contributed by atoms with Crippen LogP contribution in [0.3, 0.4) is 0 Å². The number of hydrogen-bond acceptors (Lipinski definition) is 2. The van der Waals surface area contributed by atoms with Crippen molar-refractivity contribution in [3.05, 3.63) is 35.4 Å². The molecule has 3 nitrogen and oxygen atoms in total. The third kappa shape index (κ3) is 3.12. The number of aliphatic hydroxyl groups is 1. The normalized spacial score (nSPS) is 26.7. The van der Waals surface area contributed by atoms with E-state index in [1.54, 1.807) is 0 Å². The highest BCUT2D eigenvalue weighted by molar-refractivity contribution is 5.67. The molecule has 0 heterocycles. The highest BCUT2D eigenvalue weighted by Crippen LogP contribution is 2.42. The van der Waals surface area contributed by atoms with E-state index in [-0.39, 0.29) is 12.3 Å². The Labute approximate surface area is 114 Å². The Morgan fingerprint density at radius 3 is 2.30 bits per heavy atom. The van der Waals surface area contributed by atoms with Gasteiger partial charge in [0.1, 0.15) is 0 Å². The molecule has 0 radical (unpaired) electrons. The van der Waals surface area contributed by atoms with Gasteiger partial charge in [0.2, 0.25) is 0 Å². The summed E-state index contributed by atoms with van der Waals surface area (Å²) in [6, 6.07) is 4.60. The first-order valence-corrected chi connectivity index (χ1v) is 6.36. The molecule has 1 aliphatic rings. The minimum Gasteiger partial charge on any atom is -0.481 e. The molecular formula is C14H15F3O3. The Morgan fingerprint density at radius 2 is 1.80 bits per heavy atom. The van der Waals surface area contributed by atoms with Gasteiger partial charge in [0, 0.05) is 12.3 Å². The van der Waals surface area contributed by atoms with Crippen molar-refractivity contribution in [2.45, 2.75) is 37.5 Å². The fourth-order valence-corrected chi connectivity index (χ4v) is 2.90. The van der Waals surface area contributed by atoms with E-state index in [9.17, 15) is 23.1 Å². The molecule has 2 N–H and O–H groups in total. The Morgan fingerprint density at radius 1 is 1.20 bits per heavy atom. The van der Waals surface area contributed by atoms with E-state index < -0.39 is 29.7 Å². The van der Waals surface area contributed by atoms with E-state index in [2.05, 4.69) is 0 Å². The number of halogens is 3. The van der Waals surface area contributed by atoms with Crippen LogP contribution in [-0.4, -0.2) is 22.3 Å². The second kappa shape index (κ2) is 5.44. The first-order valence-electron chi connectivity index (χ1n) is 6.36. The van der Waals surface area contributed by atoms with Crippen molar-refractivity contribution < 1.29 is 28.2 Å². The van der Waals surface area contributed by atoms with Crippen molar-refractivity contribution in [3.63, 3.8) is 0 Å². The highest BCUT2D eigenvalue weighted by atomic mass is 19.4. The molecule has 1 aliphatic carbocycles. The fourth-order valence-electron chi connectivity index (χ4n) is 2.90. The molecule has 0 spiro atoms. The van der Waals surface area contributed by atoms with Crippen LogP contribution in [0.15, 0.2) is 24.3 Å². The summed E-state index contributed by atoms with van der Waals surface area (Å²) in [5.74, 6) is -1.60. The maximum absolute atomic E-state index is 12.5. The number of carboxylic acids is 1. The molecular weight excluding hydrogens is 273 g/mol. The first-order chi connectivity index (χ1) is 9.29. The third-order valence-electron chi connectivity index (χ3n) is 3.82. The summed E-state index contributed by atoms with van der Waals surface area (Å²) >= 11 is 0. The van der Waals surface area contributed by atoms with Gasteiger partial charge in [-0.1, -0.05) is 12.1 Å². The number of aliphatic carboxylic acids is 1. The van der Waals surface area contributed by atoms with Crippen LogP contribution in [0.2, 0.25) is 0 Å². The minimum absolute atomic E-state index is 0.0806. The summed E-state index contributed by atoms with van der Waals surface area (Å²) in [6.45, 7) is 0. The van der Waals surface area contributed by atoms with E-state index in [1.165, 1.54) is 12.1 Å². The third-order valence-corrected chi connectivity index (χ3v) is 3.82. The molecule has 1 fully saturated rings. The van der Waals surface area contributed by atoms with Crippen molar-refractivity contribution in [1.29, 1.82) is 0 Å². The van der Waals surface area contributed by atoms with Crippen LogP contribution in [-0.2, 0) is 11.0 Å². The van der Waals surface area contributed by atoms with E-state index >= 15 is 0 Å². The molecule has 1 aromatic carbocycles. The Bertz CT molecular complexity index is 481. The summed E-state index contributed by atoms with van der Waals surface area (Å²) in [5.41, 5.74) is -0.183. The number of rotatable bonds is 3. The molecule has 0 bridgehead atoms. The van der Waals surface area contributed by atoms with Gasteiger partial charge >= 0.3 is 12.1 Å². The van der Waals surface area contributed by atoms with Gasteiger partial charge in [-0.05, 0) is 36.5 Å². The van der Waals surface area contributed by atoms with Gasteiger partial charge in [0.05, 0.1) is 11.7 Å². The van der Waals surface area contributed by atoms with Gasteiger partial charge < -0.3 is 10.2 Å². The van der Waals surface area contributed by atoms with E-state index in [4.69, 9.17) is 5.11 Å². The average Bonchev–Trinajstić information content (AvgIpc) is 2.69. The zero-order valence-electron chi connectivity index (χ0n) is 10.6. The highest BCUT2D eigenvalue weighted by Gasteiger charge is 2.37. The maximum atomic E-state index is 12.5. The summed E-state index contributed by atoms with van der Waals surface area (Å²) in [6.07, 6.45) is -4.13. The molecule has 3 atom stereocenters. The molecule has 0 aromatic heterocycles. The number of alkyl halides is 3. The van der Waals surface area contributed by atoms with E-state index in [0.717, 1.165) is 12.1 Å². The predicted octanol–water partition coefficient (Wildman–Crippen LogP) is 3.03. The van der Waals surface area contributed by atoms with Gasteiger partial charge in [-0.25, -0.2) is 0 Å². The Kier molecular flexibility index (Phi) is 4.04. The monoisotopic (exact) mass is 288 g/mol. The lowest BCUT2D eigenvalue weighted by Crippen LogP contribution is -2.19. The molecule has 3 unspecified atom stereocenters. The predicted molar refractivity (Wildman–Crippen MR) is 65.2 cm³/mol. The molecule has 0 amide bonds. The van der Waals surface area contributed by atoms with Crippen LogP contribution >= 0.6 is 0 Å². The minimum atomic E-state index is -4.40. The lowest BCUT2D eigenvalue weighted by Gasteiger charge is -2.22. The van der Waals surface area contributed by atoms with Gasteiger partial charge in [-0.2, -0.15) is 13.2 Å². The zero-order chi connectivity index (χ0) is 14.9. The SMILES string of the molecule is O=C(O)CC1CCC(O)C1c1ccc(C(F)(F)F)cc1. The molecule has 0 saturated heterocycles. The number of aliphatic hydroxyl groups excluding tert-OH is 1. The molecule has 0 aliphatic heterocycles. The van der Waals surface area contributed by atoms with Crippen LogP contribution in [0.5, 0.6) is 0 Å². The van der Waals surface area contributed by atoms with Crippen LogP contribution in [0, 0.1) is 5.92 Å². The van der Waals surface area contributed by atoms with Gasteiger partial charge in [-0.3, -0.25) is 4.79 Å². The summed E-state index contributed by atoms with van der Waals surface area (Å²) < 4.78 is 37.5. The number of carboxylic acid groups (broad SMARTS) is 1. The molecule has 1 aromatic rings. The maximum Gasteiger partial charge on any atom is 0.416 e.